The number of nitrogens with two attached hydrogens (primary N) is 1. The van der Waals surface area contributed by atoms with Crippen molar-refractivity contribution in [2.24, 2.45) is 0 Å². The van der Waals surface area contributed by atoms with Crippen LogP contribution in [0.25, 0.3) is 0 Å². The van der Waals surface area contributed by atoms with Gasteiger partial charge in [-0.25, -0.2) is 4.98 Å². The number of nitrogen functional groups attached to an aromatic ring is 1. The van der Waals surface area contributed by atoms with Crippen molar-refractivity contribution >= 4 is 27.4 Å². The molecule has 0 saturated carbocycles. The van der Waals surface area contributed by atoms with E-state index in [0.29, 0.717) is 25.5 Å². The van der Waals surface area contributed by atoms with Crippen LogP contribution in [0.1, 0.15) is 6.42 Å². The molecule has 5 nitrogen and oxygen atoms in total. The predicted molar refractivity (Wildman–Crippen MR) is 72.2 cm³/mol. The lowest BCUT2D eigenvalue weighted by Crippen LogP contribution is -2.09. The Morgan fingerprint density at radius 2 is 2.24 bits per heavy atom. The molecule has 96 valence electrons. The van der Waals surface area contributed by atoms with Crippen molar-refractivity contribution in [3.05, 3.63) is 16.7 Å². The third-order valence-electron chi connectivity index (χ3n) is 2.05. The summed E-state index contributed by atoms with van der Waals surface area (Å²) >= 11 is 3.40. The lowest BCUT2D eigenvalue weighted by atomic mass is 10.4. The number of aromatic nitrogens is 1. The number of nitrogens with one attached hydrogen (secondary N) is 1. The summed E-state index contributed by atoms with van der Waals surface area (Å²) < 4.78 is 11.1. The van der Waals surface area contributed by atoms with E-state index in [0.717, 1.165) is 23.3 Å². The van der Waals surface area contributed by atoms with Crippen LogP contribution in [0.4, 0.5) is 11.5 Å². The molecule has 6 heteroatoms. The average molecular weight is 304 g/mol. The second kappa shape index (κ2) is 8.27. The van der Waals surface area contributed by atoms with E-state index < -0.39 is 0 Å². The molecule has 1 aromatic heterocycles. The lowest BCUT2D eigenvalue weighted by molar-refractivity contribution is 0.0705. The predicted octanol–water partition coefficient (Wildman–Crippen LogP) is 1.89. The Morgan fingerprint density at radius 3 is 2.94 bits per heavy atom. The van der Waals surface area contributed by atoms with E-state index in [2.05, 4.69) is 26.2 Å². The van der Waals surface area contributed by atoms with Gasteiger partial charge in [0.25, 0.3) is 0 Å². The molecule has 1 heterocycles. The molecule has 0 spiro atoms. The van der Waals surface area contributed by atoms with E-state index in [1.165, 1.54) is 0 Å². The number of rotatable bonds is 8. The Morgan fingerprint density at radius 1 is 1.41 bits per heavy atom. The van der Waals surface area contributed by atoms with Gasteiger partial charge in [0, 0.05) is 20.3 Å². The van der Waals surface area contributed by atoms with Crippen LogP contribution in [0, 0.1) is 0 Å². The van der Waals surface area contributed by atoms with Crippen molar-refractivity contribution < 1.29 is 9.47 Å². The number of nitrogens with zero attached hydrogens (tertiary/aromatic N) is 1. The van der Waals surface area contributed by atoms with Crippen molar-refractivity contribution in [1.82, 2.24) is 4.98 Å². The fourth-order valence-corrected chi connectivity index (χ4v) is 1.72. The van der Waals surface area contributed by atoms with Crippen LogP contribution >= 0.6 is 15.9 Å². The van der Waals surface area contributed by atoms with Gasteiger partial charge in [-0.05, 0) is 28.4 Å². The zero-order chi connectivity index (χ0) is 12.5. The van der Waals surface area contributed by atoms with E-state index in [1.54, 1.807) is 13.3 Å². The fraction of sp³-hybridized carbons (Fsp3) is 0.545. The Labute approximate surface area is 110 Å². The summed E-state index contributed by atoms with van der Waals surface area (Å²) in [6.45, 7) is 2.80. The minimum absolute atomic E-state index is 0.637. The first-order valence-corrected chi connectivity index (χ1v) is 6.25. The third-order valence-corrected chi connectivity index (χ3v) is 2.66. The van der Waals surface area contributed by atoms with Crippen LogP contribution in [-0.2, 0) is 9.47 Å². The molecule has 0 fully saturated rings. The Balaban J connectivity index is 2.14. The standard InChI is InChI=1S/C11H18BrN3O2/c1-16-5-6-17-4-2-3-14-11-10(12)7-9(13)8-15-11/h7-8H,2-6,13H2,1H3,(H,14,15). The number of hydrogen-bond donors (Lipinski definition) is 2. The molecule has 0 atom stereocenters. The molecular weight excluding hydrogens is 286 g/mol. The Kier molecular flexibility index (Phi) is 6.91. The van der Waals surface area contributed by atoms with Gasteiger partial charge in [-0.3, -0.25) is 0 Å². The molecular formula is C11H18BrN3O2. The van der Waals surface area contributed by atoms with Crippen molar-refractivity contribution in [2.75, 3.05) is 44.5 Å². The fourth-order valence-electron chi connectivity index (χ4n) is 1.21. The van der Waals surface area contributed by atoms with Crippen molar-refractivity contribution in [2.45, 2.75) is 6.42 Å². The van der Waals surface area contributed by atoms with E-state index in [9.17, 15) is 0 Å². The summed E-state index contributed by atoms with van der Waals surface area (Å²) in [5, 5.41) is 3.21. The maximum atomic E-state index is 5.60. The summed E-state index contributed by atoms with van der Waals surface area (Å²) in [4.78, 5) is 4.18. The molecule has 0 aromatic carbocycles. The molecule has 1 aromatic rings. The maximum Gasteiger partial charge on any atom is 0.140 e. The SMILES string of the molecule is COCCOCCCNc1ncc(N)cc1Br. The molecule has 17 heavy (non-hydrogen) atoms. The molecule has 0 radical (unpaired) electrons. The monoisotopic (exact) mass is 303 g/mol. The normalized spacial score (nSPS) is 10.5. The van der Waals surface area contributed by atoms with Crippen LogP contribution < -0.4 is 11.1 Å². The minimum Gasteiger partial charge on any atom is -0.397 e. The van der Waals surface area contributed by atoms with Gasteiger partial charge in [-0.15, -0.1) is 0 Å². The second-order valence-corrected chi connectivity index (χ2v) is 4.34. The largest absolute Gasteiger partial charge is 0.397 e. The number of pyridine rings is 1. The van der Waals surface area contributed by atoms with Gasteiger partial charge in [-0.1, -0.05) is 0 Å². The maximum absolute atomic E-state index is 5.60. The quantitative estimate of drug-likeness (QED) is 0.718. The second-order valence-electron chi connectivity index (χ2n) is 3.48. The van der Waals surface area contributed by atoms with Gasteiger partial charge in [0.1, 0.15) is 5.82 Å². The van der Waals surface area contributed by atoms with Crippen LogP contribution in [0.3, 0.4) is 0 Å². The van der Waals surface area contributed by atoms with Gasteiger partial charge < -0.3 is 20.5 Å². The van der Waals surface area contributed by atoms with Crippen LogP contribution in [0.2, 0.25) is 0 Å². The Hall–Kier alpha value is -0.850. The summed E-state index contributed by atoms with van der Waals surface area (Å²) in [6.07, 6.45) is 2.55. The zero-order valence-electron chi connectivity index (χ0n) is 9.91. The zero-order valence-corrected chi connectivity index (χ0v) is 11.5. The number of ether oxygens (including phenoxy) is 2. The smallest absolute Gasteiger partial charge is 0.140 e. The average Bonchev–Trinajstić information content (AvgIpc) is 2.30. The summed E-state index contributed by atoms with van der Waals surface area (Å²) in [5.41, 5.74) is 6.24. The van der Waals surface area contributed by atoms with E-state index in [1.807, 2.05) is 6.07 Å². The van der Waals surface area contributed by atoms with Crippen LogP contribution in [0.15, 0.2) is 16.7 Å². The van der Waals surface area contributed by atoms with Gasteiger partial charge in [-0.2, -0.15) is 0 Å². The third kappa shape index (κ3) is 5.86. The molecule has 0 aliphatic rings. The minimum atomic E-state index is 0.637. The van der Waals surface area contributed by atoms with Crippen LogP contribution in [0.5, 0.6) is 0 Å². The van der Waals surface area contributed by atoms with Crippen molar-refractivity contribution in [3.63, 3.8) is 0 Å². The van der Waals surface area contributed by atoms with E-state index >= 15 is 0 Å². The lowest BCUT2D eigenvalue weighted by Gasteiger charge is -2.08. The highest BCUT2D eigenvalue weighted by atomic mass is 79.9. The van der Waals surface area contributed by atoms with Crippen LogP contribution in [-0.4, -0.2) is 38.5 Å². The first-order chi connectivity index (χ1) is 8.24. The molecule has 0 amide bonds. The highest BCUT2D eigenvalue weighted by Crippen LogP contribution is 2.21. The van der Waals surface area contributed by atoms with E-state index in [-0.39, 0.29) is 0 Å². The van der Waals surface area contributed by atoms with Gasteiger partial charge in [0.05, 0.1) is 29.6 Å². The van der Waals surface area contributed by atoms with Gasteiger partial charge >= 0.3 is 0 Å². The van der Waals surface area contributed by atoms with E-state index in [4.69, 9.17) is 15.2 Å². The van der Waals surface area contributed by atoms with Crippen molar-refractivity contribution in [1.29, 1.82) is 0 Å². The number of halogens is 1. The number of methoxy groups -OCH3 is 1. The molecule has 0 aliphatic heterocycles. The highest BCUT2D eigenvalue weighted by molar-refractivity contribution is 9.10. The highest BCUT2D eigenvalue weighted by Gasteiger charge is 2.00. The molecule has 1 rings (SSSR count). The molecule has 0 bridgehead atoms. The number of hydrogen-bond acceptors (Lipinski definition) is 5. The summed E-state index contributed by atoms with van der Waals surface area (Å²) in [7, 11) is 1.66. The number of anilines is 2. The molecule has 0 aliphatic carbocycles. The van der Waals surface area contributed by atoms with Crippen molar-refractivity contribution in [3.8, 4) is 0 Å². The summed E-state index contributed by atoms with van der Waals surface area (Å²) in [5.74, 6) is 0.802. The van der Waals surface area contributed by atoms with Gasteiger partial charge in [0.15, 0.2) is 0 Å². The molecule has 0 unspecified atom stereocenters. The Bertz CT molecular complexity index is 336. The topological polar surface area (TPSA) is 69.4 Å². The first kappa shape index (κ1) is 14.2. The first-order valence-electron chi connectivity index (χ1n) is 5.45. The molecule has 3 N–H and O–H groups in total. The summed E-state index contributed by atoms with van der Waals surface area (Å²) in [6, 6.07) is 1.82. The van der Waals surface area contributed by atoms with Gasteiger partial charge in [0.2, 0.25) is 0 Å². The molecule has 0 saturated heterocycles.